The second-order valence-corrected chi connectivity index (χ2v) is 9.59. The Morgan fingerprint density at radius 2 is 1.93 bits per heavy atom. The highest BCUT2D eigenvalue weighted by atomic mass is 32.2. The van der Waals surface area contributed by atoms with Gasteiger partial charge in [-0.15, -0.1) is 0 Å². The summed E-state index contributed by atoms with van der Waals surface area (Å²) >= 11 is 0. The van der Waals surface area contributed by atoms with Gasteiger partial charge in [-0.2, -0.15) is 0 Å². The number of fused-ring (bicyclic) bond motifs is 3. The van der Waals surface area contributed by atoms with Gasteiger partial charge in [0.2, 0.25) is 10.0 Å². The molecule has 1 aliphatic heterocycles. The molecular formula is C24H23N3O2S. The van der Waals surface area contributed by atoms with Crippen molar-refractivity contribution in [3.63, 3.8) is 0 Å². The molecule has 3 unspecified atom stereocenters. The first-order valence-electron chi connectivity index (χ1n) is 10.1. The highest BCUT2D eigenvalue weighted by Crippen LogP contribution is 2.50. The van der Waals surface area contributed by atoms with Crippen molar-refractivity contribution in [3.05, 3.63) is 102 Å². The van der Waals surface area contributed by atoms with E-state index in [4.69, 9.17) is 0 Å². The number of rotatable bonds is 5. The quantitative estimate of drug-likeness (QED) is 0.604. The maximum atomic E-state index is 12.9. The maximum Gasteiger partial charge on any atom is 0.240 e. The Bertz CT molecular complexity index is 1180. The summed E-state index contributed by atoms with van der Waals surface area (Å²) in [6, 6.07) is 19.1. The van der Waals surface area contributed by atoms with Gasteiger partial charge in [0.05, 0.1) is 10.9 Å². The van der Waals surface area contributed by atoms with Crippen LogP contribution in [0.3, 0.4) is 0 Å². The van der Waals surface area contributed by atoms with Crippen LogP contribution >= 0.6 is 0 Å². The Kier molecular flexibility index (Phi) is 4.89. The van der Waals surface area contributed by atoms with E-state index in [9.17, 15) is 8.42 Å². The van der Waals surface area contributed by atoms with Crippen molar-refractivity contribution in [1.29, 1.82) is 0 Å². The molecule has 5 rings (SSSR count). The van der Waals surface area contributed by atoms with Crippen LogP contribution in [-0.2, 0) is 16.6 Å². The number of pyridine rings is 1. The van der Waals surface area contributed by atoms with E-state index in [1.54, 1.807) is 12.3 Å². The van der Waals surface area contributed by atoms with Gasteiger partial charge in [0.1, 0.15) is 0 Å². The molecule has 0 radical (unpaired) electrons. The van der Waals surface area contributed by atoms with E-state index in [2.05, 4.69) is 33.2 Å². The van der Waals surface area contributed by atoms with Crippen molar-refractivity contribution in [2.24, 2.45) is 5.92 Å². The first-order valence-corrected chi connectivity index (χ1v) is 11.6. The first kappa shape index (κ1) is 19.0. The Morgan fingerprint density at radius 3 is 2.73 bits per heavy atom. The summed E-state index contributed by atoms with van der Waals surface area (Å²) in [6.45, 7) is 0.271. The molecule has 0 spiro atoms. The summed E-state index contributed by atoms with van der Waals surface area (Å²) in [5.74, 6) is 0.535. The number of hydrogen-bond donors (Lipinski definition) is 2. The number of benzene rings is 2. The molecule has 3 aromatic rings. The van der Waals surface area contributed by atoms with Gasteiger partial charge in [-0.1, -0.05) is 48.6 Å². The summed E-state index contributed by atoms with van der Waals surface area (Å²) in [4.78, 5) is 4.58. The topological polar surface area (TPSA) is 71.1 Å². The lowest BCUT2D eigenvalue weighted by Crippen LogP contribution is -2.30. The number of anilines is 1. The van der Waals surface area contributed by atoms with Crippen LogP contribution in [-0.4, -0.2) is 13.4 Å². The molecular weight excluding hydrogens is 394 g/mol. The number of hydrogen-bond acceptors (Lipinski definition) is 4. The van der Waals surface area contributed by atoms with Gasteiger partial charge in [0.15, 0.2) is 0 Å². The largest absolute Gasteiger partial charge is 0.378 e. The van der Waals surface area contributed by atoms with Crippen molar-refractivity contribution in [2.75, 3.05) is 5.32 Å². The molecule has 3 atom stereocenters. The molecule has 5 nitrogen and oxygen atoms in total. The Balaban J connectivity index is 1.44. The van der Waals surface area contributed by atoms with Gasteiger partial charge in [-0.25, -0.2) is 13.1 Å². The lowest BCUT2D eigenvalue weighted by molar-refractivity contribution is 0.424. The highest BCUT2D eigenvalue weighted by molar-refractivity contribution is 7.89. The zero-order valence-electron chi connectivity index (χ0n) is 16.4. The minimum atomic E-state index is -3.60. The van der Waals surface area contributed by atoms with Crippen molar-refractivity contribution in [3.8, 4) is 0 Å². The Hall–Kier alpha value is -2.96. The van der Waals surface area contributed by atoms with Crippen LogP contribution in [0.25, 0.3) is 0 Å². The fraction of sp³-hybridized carbons (Fsp3) is 0.208. The van der Waals surface area contributed by atoms with Gasteiger partial charge in [0.25, 0.3) is 0 Å². The van der Waals surface area contributed by atoms with Crippen LogP contribution in [0.15, 0.2) is 90.1 Å². The van der Waals surface area contributed by atoms with Crippen molar-refractivity contribution < 1.29 is 8.42 Å². The molecule has 2 aliphatic rings. The van der Waals surface area contributed by atoms with Crippen LogP contribution in [0, 0.1) is 5.92 Å². The third-order valence-electron chi connectivity index (χ3n) is 6.00. The molecule has 0 bridgehead atoms. The van der Waals surface area contributed by atoms with Crippen LogP contribution in [0.5, 0.6) is 0 Å². The Labute approximate surface area is 176 Å². The number of aromatic nitrogens is 1. The molecule has 0 saturated carbocycles. The van der Waals surface area contributed by atoms with Crippen molar-refractivity contribution in [1.82, 2.24) is 9.71 Å². The molecule has 0 fully saturated rings. The molecule has 2 aromatic carbocycles. The van der Waals surface area contributed by atoms with E-state index in [-0.39, 0.29) is 18.5 Å². The fourth-order valence-corrected chi connectivity index (χ4v) is 5.54. The second kappa shape index (κ2) is 7.70. The highest BCUT2D eigenvalue weighted by Gasteiger charge is 2.38. The Morgan fingerprint density at radius 1 is 1.07 bits per heavy atom. The number of nitrogens with zero attached hydrogens (tertiary/aromatic N) is 1. The summed E-state index contributed by atoms with van der Waals surface area (Å²) in [5, 5.41) is 3.63. The normalized spacial score (nSPS) is 22.2. The van der Waals surface area contributed by atoms with Gasteiger partial charge in [0, 0.05) is 30.5 Å². The molecule has 0 amide bonds. The summed E-state index contributed by atoms with van der Waals surface area (Å²) in [5.41, 5.74) is 4.11. The summed E-state index contributed by atoms with van der Waals surface area (Å²) in [6.07, 6.45) is 9.06. The molecule has 2 heterocycles. The third kappa shape index (κ3) is 3.53. The smallest absolute Gasteiger partial charge is 0.240 e. The summed E-state index contributed by atoms with van der Waals surface area (Å²) in [7, 11) is -3.60. The zero-order chi connectivity index (χ0) is 20.6. The predicted molar refractivity (Wildman–Crippen MR) is 117 cm³/mol. The monoisotopic (exact) mass is 417 g/mol. The van der Waals surface area contributed by atoms with E-state index in [1.165, 1.54) is 0 Å². The lowest BCUT2D eigenvalue weighted by Gasteiger charge is -2.37. The molecule has 152 valence electrons. The van der Waals surface area contributed by atoms with Crippen LogP contribution in [0.2, 0.25) is 0 Å². The van der Waals surface area contributed by atoms with Gasteiger partial charge < -0.3 is 5.32 Å². The minimum absolute atomic E-state index is 0.157. The molecule has 2 N–H and O–H groups in total. The number of allylic oxidation sites excluding steroid dienone is 2. The summed E-state index contributed by atoms with van der Waals surface area (Å²) < 4.78 is 28.5. The second-order valence-electron chi connectivity index (χ2n) is 7.82. The number of nitrogens with one attached hydrogen (secondary N) is 2. The molecule has 30 heavy (non-hydrogen) atoms. The van der Waals surface area contributed by atoms with Crippen molar-refractivity contribution in [2.45, 2.75) is 29.8 Å². The van der Waals surface area contributed by atoms with Crippen LogP contribution in [0.1, 0.15) is 35.1 Å². The average molecular weight is 418 g/mol. The maximum absolute atomic E-state index is 12.9. The number of sulfonamides is 1. The average Bonchev–Trinajstić information content (AvgIpc) is 3.28. The van der Waals surface area contributed by atoms with Gasteiger partial charge >= 0.3 is 0 Å². The van der Waals surface area contributed by atoms with E-state index in [0.717, 1.165) is 28.8 Å². The zero-order valence-corrected chi connectivity index (χ0v) is 17.2. The lowest BCUT2D eigenvalue weighted by atomic mass is 9.77. The van der Waals surface area contributed by atoms with E-state index in [1.807, 2.05) is 54.7 Å². The minimum Gasteiger partial charge on any atom is -0.378 e. The fourth-order valence-electron chi connectivity index (χ4n) is 4.49. The molecule has 6 heteroatoms. The van der Waals surface area contributed by atoms with Crippen molar-refractivity contribution >= 4 is 15.7 Å². The van der Waals surface area contributed by atoms with Gasteiger partial charge in [-0.05, 0) is 53.3 Å². The van der Waals surface area contributed by atoms with Crippen LogP contribution < -0.4 is 10.0 Å². The first-order chi connectivity index (χ1) is 14.6. The predicted octanol–water partition coefficient (Wildman–Crippen LogP) is 4.39. The molecule has 1 aliphatic carbocycles. The van der Waals surface area contributed by atoms with E-state index in [0.29, 0.717) is 10.8 Å². The third-order valence-corrected chi connectivity index (χ3v) is 7.40. The molecule has 1 aromatic heterocycles. The van der Waals surface area contributed by atoms with Gasteiger partial charge in [-0.3, -0.25) is 4.98 Å². The van der Waals surface area contributed by atoms with E-state index >= 15 is 0 Å². The standard InChI is InChI=1S/C24H23N3O2S/c28-30(29,26-15-17-6-2-1-3-7-17)19-11-12-23-22(14-19)20-9-4-10-21(20)24(27-23)18-8-5-13-25-16-18/h1-9,11-14,16,20-21,24,26-27H,10,15H2. The van der Waals surface area contributed by atoms with E-state index < -0.39 is 10.0 Å². The SMILES string of the molecule is O=S(=O)(NCc1ccccc1)c1ccc2c(c1)C1C=CCC1C(c1cccnc1)N2. The van der Waals surface area contributed by atoms with Crippen LogP contribution in [0.4, 0.5) is 5.69 Å². The molecule has 0 saturated heterocycles.